The summed E-state index contributed by atoms with van der Waals surface area (Å²) in [5, 5.41) is 0. The third kappa shape index (κ3) is 1.93. The van der Waals surface area contributed by atoms with E-state index in [0.717, 1.165) is 0 Å². The minimum Gasteiger partial charge on any atom is -0.481 e. The molecule has 0 saturated carbocycles. The Balaban J connectivity index is 2.87. The average Bonchev–Trinajstić information content (AvgIpc) is 2.27. The molecule has 0 fully saturated rings. The first-order valence-electron chi connectivity index (χ1n) is 3.89. The molecule has 0 amide bonds. The first-order valence-corrected chi connectivity index (χ1v) is 3.89. The molecule has 5 nitrogen and oxygen atoms in total. The Labute approximate surface area is 80.9 Å². The second-order valence-electron chi connectivity index (χ2n) is 2.48. The summed E-state index contributed by atoms with van der Waals surface area (Å²) in [6, 6.07) is 0. The summed E-state index contributed by atoms with van der Waals surface area (Å²) in [6.45, 7) is 0. The minimum atomic E-state index is -1.03. The summed E-state index contributed by atoms with van der Waals surface area (Å²) >= 11 is 0. The van der Waals surface area contributed by atoms with Crippen molar-refractivity contribution < 1.29 is 23.8 Å². The lowest BCUT2D eigenvalue weighted by Crippen LogP contribution is -2.31. The zero-order valence-corrected chi connectivity index (χ0v) is 7.85. The van der Waals surface area contributed by atoms with Crippen LogP contribution in [0, 0.1) is 0 Å². The molecule has 0 aromatic carbocycles. The van der Waals surface area contributed by atoms with E-state index in [-0.39, 0.29) is 5.57 Å². The molecule has 0 bridgehead atoms. The number of methoxy groups -OCH3 is 2. The van der Waals surface area contributed by atoms with Crippen molar-refractivity contribution in [3.8, 4) is 0 Å². The number of rotatable bonds is 2. The van der Waals surface area contributed by atoms with Crippen LogP contribution in [-0.2, 0) is 23.8 Å². The molecule has 76 valence electrons. The normalized spacial score (nSPS) is 19.3. The van der Waals surface area contributed by atoms with E-state index in [2.05, 4.69) is 9.47 Å². The van der Waals surface area contributed by atoms with Gasteiger partial charge in [0, 0.05) is 0 Å². The van der Waals surface area contributed by atoms with Gasteiger partial charge in [-0.05, 0) is 12.2 Å². The quantitative estimate of drug-likeness (QED) is 0.592. The van der Waals surface area contributed by atoms with Crippen LogP contribution in [0.2, 0.25) is 0 Å². The molecule has 0 N–H and O–H groups in total. The van der Waals surface area contributed by atoms with Crippen LogP contribution in [0.1, 0.15) is 0 Å². The van der Waals surface area contributed by atoms with Gasteiger partial charge in [0.05, 0.1) is 26.1 Å². The van der Waals surface area contributed by atoms with Crippen LogP contribution in [0.25, 0.3) is 0 Å². The molecule has 0 aliphatic carbocycles. The molecule has 1 aliphatic rings. The number of hydrogen-bond donors (Lipinski definition) is 0. The summed E-state index contributed by atoms with van der Waals surface area (Å²) in [5.74, 6) is -1.24. The molecule has 0 spiro atoms. The SMILES string of the molecule is COC(=O)C1=CC=COC1C(=O)OC. The van der Waals surface area contributed by atoms with E-state index >= 15 is 0 Å². The second-order valence-corrected chi connectivity index (χ2v) is 2.48. The largest absolute Gasteiger partial charge is 0.481 e. The van der Waals surface area contributed by atoms with Gasteiger partial charge in [-0.3, -0.25) is 0 Å². The molecular formula is C9H10O5. The second kappa shape index (κ2) is 4.45. The van der Waals surface area contributed by atoms with Gasteiger partial charge in [0.25, 0.3) is 0 Å². The van der Waals surface area contributed by atoms with Crippen LogP contribution in [0.4, 0.5) is 0 Å². The van der Waals surface area contributed by atoms with E-state index in [9.17, 15) is 9.59 Å². The average molecular weight is 198 g/mol. The fourth-order valence-electron chi connectivity index (χ4n) is 1.01. The Morgan fingerprint density at radius 2 is 2.07 bits per heavy atom. The van der Waals surface area contributed by atoms with Crippen molar-refractivity contribution in [3.63, 3.8) is 0 Å². The number of hydrogen-bond acceptors (Lipinski definition) is 5. The van der Waals surface area contributed by atoms with Gasteiger partial charge in [-0.15, -0.1) is 0 Å². The summed E-state index contributed by atoms with van der Waals surface area (Å²) in [4.78, 5) is 22.4. The van der Waals surface area contributed by atoms with Crippen molar-refractivity contribution in [2.24, 2.45) is 0 Å². The van der Waals surface area contributed by atoms with Crippen molar-refractivity contribution >= 4 is 11.9 Å². The van der Waals surface area contributed by atoms with Crippen LogP contribution < -0.4 is 0 Å². The van der Waals surface area contributed by atoms with Gasteiger partial charge in [0.2, 0.25) is 6.10 Å². The Bertz CT molecular complexity index is 302. The predicted molar refractivity (Wildman–Crippen MR) is 46.1 cm³/mol. The lowest BCUT2D eigenvalue weighted by molar-refractivity contribution is -0.152. The van der Waals surface area contributed by atoms with E-state index in [4.69, 9.17) is 4.74 Å². The van der Waals surface area contributed by atoms with Crippen molar-refractivity contribution in [3.05, 3.63) is 24.0 Å². The zero-order chi connectivity index (χ0) is 10.6. The van der Waals surface area contributed by atoms with E-state index in [1.807, 2.05) is 0 Å². The van der Waals surface area contributed by atoms with E-state index < -0.39 is 18.0 Å². The smallest absolute Gasteiger partial charge is 0.352 e. The maximum absolute atomic E-state index is 11.2. The van der Waals surface area contributed by atoms with Crippen molar-refractivity contribution in [1.29, 1.82) is 0 Å². The fourth-order valence-corrected chi connectivity index (χ4v) is 1.01. The van der Waals surface area contributed by atoms with Crippen LogP contribution in [0.15, 0.2) is 24.0 Å². The van der Waals surface area contributed by atoms with Gasteiger partial charge in [-0.25, -0.2) is 9.59 Å². The molecule has 1 atom stereocenters. The molecule has 1 aliphatic heterocycles. The van der Waals surface area contributed by atoms with Crippen LogP contribution in [0.3, 0.4) is 0 Å². The number of ether oxygens (including phenoxy) is 3. The first-order chi connectivity index (χ1) is 6.70. The Morgan fingerprint density at radius 1 is 1.36 bits per heavy atom. The maximum atomic E-state index is 11.2. The van der Waals surface area contributed by atoms with Gasteiger partial charge in [-0.1, -0.05) is 0 Å². The maximum Gasteiger partial charge on any atom is 0.352 e. The Hall–Kier alpha value is -1.78. The number of carbonyl (C=O) groups is 2. The summed E-state index contributed by atoms with van der Waals surface area (Å²) < 4.78 is 13.9. The highest BCUT2D eigenvalue weighted by molar-refractivity contribution is 5.97. The number of esters is 2. The van der Waals surface area contributed by atoms with Crippen molar-refractivity contribution in [2.45, 2.75) is 6.10 Å². The molecular weight excluding hydrogens is 188 g/mol. The Kier molecular flexibility index (Phi) is 3.28. The van der Waals surface area contributed by atoms with Gasteiger partial charge < -0.3 is 14.2 Å². The van der Waals surface area contributed by atoms with Crippen LogP contribution >= 0.6 is 0 Å². The Morgan fingerprint density at radius 3 is 2.64 bits per heavy atom. The third-order valence-corrected chi connectivity index (χ3v) is 1.69. The molecule has 1 heterocycles. The molecule has 14 heavy (non-hydrogen) atoms. The zero-order valence-electron chi connectivity index (χ0n) is 7.85. The minimum absolute atomic E-state index is 0.127. The predicted octanol–water partition coefficient (Wildman–Crippen LogP) is 0.171. The van der Waals surface area contributed by atoms with Crippen LogP contribution in [0.5, 0.6) is 0 Å². The fraction of sp³-hybridized carbons (Fsp3) is 0.333. The highest BCUT2D eigenvalue weighted by Crippen LogP contribution is 2.15. The summed E-state index contributed by atoms with van der Waals surface area (Å²) in [6.07, 6.45) is 3.24. The molecule has 0 saturated heterocycles. The van der Waals surface area contributed by atoms with Gasteiger partial charge >= 0.3 is 11.9 Å². The molecule has 0 radical (unpaired) electrons. The van der Waals surface area contributed by atoms with E-state index in [0.29, 0.717) is 0 Å². The molecule has 5 heteroatoms. The summed E-state index contributed by atoms with van der Waals surface area (Å²) in [5.41, 5.74) is 0.127. The number of allylic oxidation sites excluding steroid dienone is 2. The highest BCUT2D eigenvalue weighted by Gasteiger charge is 2.31. The van der Waals surface area contributed by atoms with Gasteiger partial charge in [0.15, 0.2) is 0 Å². The third-order valence-electron chi connectivity index (χ3n) is 1.69. The first kappa shape index (κ1) is 10.3. The van der Waals surface area contributed by atoms with E-state index in [1.54, 1.807) is 0 Å². The lowest BCUT2D eigenvalue weighted by Gasteiger charge is -2.18. The number of carbonyl (C=O) groups excluding carboxylic acids is 2. The monoisotopic (exact) mass is 198 g/mol. The molecule has 0 aromatic rings. The molecule has 1 unspecified atom stereocenters. The molecule has 1 rings (SSSR count). The lowest BCUT2D eigenvalue weighted by atomic mass is 10.1. The van der Waals surface area contributed by atoms with E-state index in [1.165, 1.54) is 32.6 Å². The summed E-state index contributed by atoms with van der Waals surface area (Å²) in [7, 11) is 2.45. The van der Waals surface area contributed by atoms with Gasteiger partial charge in [-0.2, -0.15) is 0 Å². The van der Waals surface area contributed by atoms with Gasteiger partial charge in [0.1, 0.15) is 0 Å². The van der Waals surface area contributed by atoms with Crippen LogP contribution in [-0.4, -0.2) is 32.3 Å². The van der Waals surface area contributed by atoms with Crippen molar-refractivity contribution in [1.82, 2.24) is 0 Å². The topological polar surface area (TPSA) is 61.8 Å². The van der Waals surface area contributed by atoms with Crippen molar-refractivity contribution in [2.75, 3.05) is 14.2 Å². The standard InChI is InChI=1S/C9H10O5/c1-12-8(10)6-4-3-5-14-7(6)9(11)13-2/h3-5,7H,1-2H3. The highest BCUT2D eigenvalue weighted by atomic mass is 16.6. The molecule has 0 aromatic heterocycles.